The van der Waals surface area contributed by atoms with E-state index in [2.05, 4.69) is 15.3 Å². The molecular formula is C12H17N3O3. The Bertz CT molecular complexity index is 388. The maximum atomic E-state index is 10.4. The molecular weight excluding hydrogens is 234 g/mol. The molecule has 0 aromatic carbocycles. The van der Waals surface area contributed by atoms with Crippen LogP contribution < -0.4 is 5.32 Å². The zero-order valence-corrected chi connectivity index (χ0v) is 10.1. The minimum absolute atomic E-state index is 0.0606. The zero-order chi connectivity index (χ0) is 12.8. The molecule has 18 heavy (non-hydrogen) atoms. The number of anilines is 1. The number of ether oxygens (including phenoxy) is 1. The molecule has 2 rings (SSSR count). The molecule has 1 fully saturated rings. The van der Waals surface area contributed by atoms with Gasteiger partial charge >= 0.3 is 5.97 Å². The number of nitrogens with one attached hydrogen (secondary N) is 1. The fraction of sp³-hybridized carbons (Fsp3) is 0.583. The van der Waals surface area contributed by atoms with Crippen LogP contribution >= 0.6 is 0 Å². The van der Waals surface area contributed by atoms with Crippen molar-refractivity contribution < 1.29 is 14.6 Å². The summed E-state index contributed by atoms with van der Waals surface area (Å²) in [6.45, 7) is 1.93. The summed E-state index contributed by atoms with van der Waals surface area (Å²) in [7, 11) is 0. The average molecular weight is 251 g/mol. The highest BCUT2D eigenvalue weighted by molar-refractivity contribution is 5.67. The molecule has 1 aliphatic rings. The molecule has 0 bridgehead atoms. The van der Waals surface area contributed by atoms with Crippen LogP contribution in [0.4, 0.5) is 5.95 Å². The van der Waals surface area contributed by atoms with Crippen molar-refractivity contribution in [2.24, 2.45) is 0 Å². The molecule has 2 heterocycles. The standard InChI is InChI=1S/C12H17N3O3/c16-11(17)1-4-13-12-14-7-10(8-15-12)9-2-5-18-6-3-9/h7-9H,1-6H2,(H,16,17)(H,13,14,15). The van der Waals surface area contributed by atoms with E-state index in [1.165, 1.54) is 0 Å². The second-order valence-electron chi connectivity index (χ2n) is 4.30. The van der Waals surface area contributed by atoms with Crippen LogP contribution in [0.15, 0.2) is 12.4 Å². The van der Waals surface area contributed by atoms with Crippen LogP contribution in [-0.4, -0.2) is 40.8 Å². The molecule has 1 aromatic heterocycles. The number of rotatable bonds is 5. The SMILES string of the molecule is O=C(O)CCNc1ncc(C2CCOCC2)cn1. The van der Waals surface area contributed by atoms with Gasteiger partial charge in [-0.15, -0.1) is 0 Å². The Hall–Kier alpha value is -1.69. The van der Waals surface area contributed by atoms with Crippen molar-refractivity contribution in [2.75, 3.05) is 25.1 Å². The average Bonchev–Trinajstić information content (AvgIpc) is 2.40. The van der Waals surface area contributed by atoms with Crippen molar-refractivity contribution in [3.05, 3.63) is 18.0 Å². The van der Waals surface area contributed by atoms with Crippen molar-refractivity contribution in [1.29, 1.82) is 0 Å². The second kappa shape index (κ2) is 6.30. The van der Waals surface area contributed by atoms with Gasteiger partial charge in [-0.2, -0.15) is 0 Å². The summed E-state index contributed by atoms with van der Waals surface area (Å²) in [4.78, 5) is 18.7. The maximum Gasteiger partial charge on any atom is 0.305 e. The van der Waals surface area contributed by atoms with Crippen LogP contribution in [0.1, 0.15) is 30.7 Å². The predicted molar refractivity (Wildman–Crippen MR) is 65.6 cm³/mol. The normalized spacial score (nSPS) is 16.4. The van der Waals surface area contributed by atoms with E-state index in [0.29, 0.717) is 18.4 Å². The number of carbonyl (C=O) groups is 1. The Morgan fingerprint density at radius 1 is 1.39 bits per heavy atom. The monoisotopic (exact) mass is 251 g/mol. The summed E-state index contributed by atoms with van der Waals surface area (Å²) in [5.74, 6) is 0.125. The topological polar surface area (TPSA) is 84.3 Å². The molecule has 1 saturated heterocycles. The highest BCUT2D eigenvalue weighted by Crippen LogP contribution is 2.25. The molecule has 0 aliphatic carbocycles. The largest absolute Gasteiger partial charge is 0.481 e. The molecule has 0 spiro atoms. The van der Waals surface area contributed by atoms with Gasteiger partial charge in [0.15, 0.2) is 0 Å². The van der Waals surface area contributed by atoms with Gasteiger partial charge in [-0.1, -0.05) is 0 Å². The smallest absolute Gasteiger partial charge is 0.305 e. The Morgan fingerprint density at radius 3 is 2.67 bits per heavy atom. The van der Waals surface area contributed by atoms with Gasteiger partial charge in [0.05, 0.1) is 6.42 Å². The summed E-state index contributed by atoms with van der Waals surface area (Å²) < 4.78 is 5.31. The highest BCUT2D eigenvalue weighted by Gasteiger charge is 2.16. The lowest BCUT2D eigenvalue weighted by molar-refractivity contribution is -0.136. The molecule has 0 unspecified atom stereocenters. The van der Waals surface area contributed by atoms with Crippen LogP contribution in [-0.2, 0) is 9.53 Å². The van der Waals surface area contributed by atoms with Crippen LogP contribution in [0, 0.1) is 0 Å². The van der Waals surface area contributed by atoms with Crippen LogP contribution in [0.3, 0.4) is 0 Å². The second-order valence-corrected chi connectivity index (χ2v) is 4.30. The predicted octanol–water partition coefficient (Wildman–Crippen LogP) is 1.26. The van der Waals surface area contributed by atoms with E-state index >= 15 is 0 Å². The molecule has 0 amide bonds. The maximum absolute atomic E-state index is 10.4. The third kappa shape index (κ3) is 3.66. The first kappa shape index (κ1) is 12.8. The zero-order valence-electron chi connectivity index (χ0n) is 10.1. The fourth-order valence-electron chi connectivity index (χ4n) is 1.95. The summed E-state index contributed by atoms with van der Waals surface area (Å²) in [6.07, 6.45) is 5.70. The number of hydrogen-bond donors (Lipinski definition) is 2. The molecule has 0 radical (unpaired) electrons. The number of aromatic nitrogens is 2. The van der Waals surface area contributed by atoms with Crippen molar-refractivity contribution >= 4 is 11.9 Å². The van der Waals surface area contributed by atoms with E-state index in [4.69, 9.17) is 9.84 Å². The van der Waals surface area contributed by atoms with Crippen LogP contribution in [0.2, 0.25) is 0 Å². The first-order valence-corrected chi connectivity index (χ1v) is 6.11. The van der Waals surface area contributed by atoms with Gasteiger partial charge in [0.25, 0.3) is 0 Å². The van der Waals surface area contributed by atoms with Gasteiger partial charge in [0.2, 0.25) is 5.95 Å². The Morgan fingerprint density at radius 2 is 2.06 bits per heavy atom. The molecule has 6 nitrogen and oxygen atoms in total. The minimum Gasteiger partial charge on any atom is -0.481 e. The van der Waals surface area contributed by atoms with Gasteiger partial charge in [-0.25, -0.2) is 9.97 Å². The van der Waals surface area contributed by atoms with E-state index < -0.39 is 5.97 Å². The van der Waals surface area contributed by atoms with Gasteiger partial charge < -0.3 is 15.2 Å². The van der Waals surface area contributed by atoms with E-state index in [1.54, 1.807) is 0 Å². The van der Waals surface area contributed by atoms with Crippen molar-refractivity contribution in [3.8, 4) is 0 Å². The lowest BCUT2D eigenvalue weighted by Crippen LogP contribution is -2.15. The Kier molecular flexibility index (Phi) is 4.46. The minimum atomic E-state index is -0.832. The molecule has 2 N–H and O–H groups in total. The van der Waals surface area contributed by atoms with Gasteiger partial charge in [0.1, 0.15) is 0 Å². The van der Waals surface area contributed by atoms with Crippen molar-refractivity contribution in [2.45, 2.75) is 25.2 Å². The molecule has 1 aliphatic heterocycles. The van der Waals surface area contributed by atoms with Gasteiger partial charge in [-0.3, -0.25) is 4.79 Å². The summed E-state index contributed by atoms with van der Waals surface area (Å²) in [5, 5.41) is 11.4. The van der Waals surface area contributed by atoms with Gasteiger partial charge in [-0.05, 0) is 24.3 Å². The molecule has 0 saturated carbocycles. The third-order valence-electron chi connectivity index (χ3n) is 2.99. The lowest BCUT2D eigenvalue weighted by Gasteiger charge is -2.21. The molecule has 1 aromatic rings. The first-order chi connectivity index (χ1) is 8.75. The first-order valence-electron chi connectivity index (χ1n) is 6.11. The third-order valence-corrected chi connectivity index (χ3v) is 2.99. The number of nitrogens with zero attached hydrogens (tertiary/aromatic N) is 2. The Labute approximate surface area is 105 Å². The van der Waals surface area contributed by atoms with E-state index in [9.17, 15) is 4.79 Å². The molecule has 98 valence electrons. The van der Waals surface area contributed by atoms with E-state index in [1.807, 2.05) is 12.4 Å². The summed E-state index contributed by atoms with van der Waals surface area (Å²) in [6, 6.07) is 0. The van der Waals surface area contributed by atoms with Crippen LogP contribution in [0.25, 0.3) is 0 Å². The number of hydrogen-bond acceptors (Lipinski definition) is 5. The van der Waals surface area contributed by atoms with Crippen molar-refractivity contribution in [1.82, 2.24) is 9.97 Å². The number of carboxylic acid groups (broad SMARTS) is 1. The summed E-state index contributed by atoms with van der Waals surface area (Å²) >= 11 is 0. The van der Waals surface area contributed by atoms with E-state index in [-0.39, 0.29) is 6.42 Å². The molecule has 0 atom stereocenters. The van der Waals surface area contributed by atoms with Gasteiger partial charge in [0, 0.05) is 32.2 Å². The number of aliphatic carboxylic acids is 1. The highest BCUT2D eigenvalue weighted by atomic mass is 16.5. The van der Waals surface area contributed by atoms with E-state index in [0.717, 1.165) is 31.6 Å². The lowest BCUT2D eigenvalue weighted by atomic mass is 9.94. The summed E-state index contributed by atoms with van der Waals surface area (Å²) in [5.41, 5.74) is 1.13. The fourth-order valence-corrected chi connectivity index (χ4v) is 1.95. The quantitative estimate of drug-likeness (QED) is 0.819. The Balaban J connectivity index is 1.86. The van der Waals surface area contributed by atoms with Crippen molar-refractivity contribution in [3.63, 3.8) is 0 Å². The van der Waals surface area contributed by atoms with Crippen LogP contribution in [0.5, 0.6) is 0 Å². The number of carboxylic acids is 1. The molecule has 6 heteroatoms.